The molecule has 7 heteroatoms. The van der Waals surface area contributed by atoms with Gasteiger partial charge in [-0.25, -0.2) is 4.98 Å². The van der Waals surface area contributed by atoms with Gasteiger partial charge in [-0.1, -0.05) is 18.2 Å². The third-order valence-corrected chi connectivity index (χ3v) is 6.73. The van der Waals surface area contributed by atoms with E-state index in [9.17, 15) is 0 Å². The second kappa shape index (κ2) is 7.49. The molecule has 1 aromatic heterocycles. The maximum Gasteiger partial charge on any atom is 0.231 e. The van der Waals surface area contributed by atoms with Gasteiger partial charge in [0.1, 0.15) is 5.75 Å². The number of hydrogen-bond donors (Lipinski definition) is 1. The lowest BCUT2D eigenvalue weighted by molar-refractivity contribution is 0.174. The van der Waals surface area contributed by atoms with E-state index < -0.39 is 0 Å². The largest absolute Gasteiger partial charge is 0.497 e. The predicted molar refractivity (Wildman–Crippen MR) is 118 cm³/mol. The molecule has 1 fully saturated rings. The van der Waals surface area contributed by atoms with E-state index in [0.717, 1.165) is 35.2 Å². The summed E-state index contributed by atoms with van der Waals surface area (Å²) in [7, 11) is 5.88. The van der Waals surface area contributed by atoms with Crippen LogP contribution >= 0.6 is 11.3 Å². The molecular weight excluding hydrogens is 398 g/mol. The summed E-state index contributed by atoms with van der Waals surface area (Å²) < 4.78 is 16.3. The number of nitrogens with zero attached hydrogens (tertiary/aromatic N) is 2. The van der Waals surface area contributed by atoms with E-state index in [1.807, 2.05) is 24.4 Å². The molecule has 0 saturated heterocycles. The Kier molecular flexibility index (Phi) is 4.79. The van der Waals surface area contributed by atoms with Crippen LogP contribution in [0.4, 0.5) is 5.13 Å². The van der Waals surface area contributed by atoms with Gasteiger partial charge >= 0.3 is 0 Å². The number of hydrogen-bond acceptors (Lipinski definition) is 7. The van der Waals surface area contributed by atoms with Gasteiger partial charge in [-0.15, -0.1) is 11.3 Å². The Hall–Kier alpha value is -2.77. The average Bonchev–Trinajstić information content (AvgIpc) is 3.16. The molecule has 1 saturated carbocycles. The van der Waals surface area contributed by atoms with E-state index in [1.165, 1.54) is 16.0 Å². The SMILES string of the molecule is COc1ccc(C(c2cnc(NC3(c4ccc5c(c4)OCO5)CC3)s2)N(C)C)cc1. The average molecular weight is 424 g/mol. The van der Waals surface area contributed by atoms with Gasteiger partial charge in [0.05, 0.1) is 18.7 Å². The Balaban J connectivity index is 1.38. The first-order chi connectivity index (χ1) is 14.6. The molecule has 0 amide bonds. The van der Waals surface area contributed by atoms with Crippen LogP contribution in [0.5, 0.6) is 17.2 Å². The van der Waals surface area contributed by atoms with Crippen molar-refractivity contribution in [2.24, 2.45) is 0 Å². The second-order valence-electron chi connectivity index (χ2n) is 7.98. The summed E-state index contributed by atoms with van der Waals surface area (Å²) in [5.74, 6) is 2.51. The van der Waals surface area contributed by atoms with E-state index in [4.69, 9.17) is 19.2 Å². The van der Waals surface area contributed by atoms with Gasteiger partial charge in [-0.3, -0.25) is 4.90 Å². The molecule has 1 aliphatic carbocycles. The molecule has 2 aromatic carbocycles. The van der Waals surface area contributed by atoms with Crippen LogP contribution in [0.15, 0.2) is 48.7 Å². The highest BCUT2D eigenvalue weighted by Gasteiger charge is 2.45. The highest BCUT2D eigenvalue weighted by Crippen LogP contribution is 2.51. The van der Waals surface area contributed by atoms with E-state index in [-0.39, 0.29) is 11.6 Å². The van der Waals surface area contributed by atoms with Crippen molar-refractivity contribution in [3.05, 3.63) is 64.7 Å². The normalized spacial score (nSPS) is 17.1. The molecule has 2 heterocycles. The number of aromatic nitrogens is 1. The van der Waals surface area contributed by atoms with Crippen molar-refractivity contribution >= 4 is 16.5 Å². The molecular formula is C23H25N3O3S. The summed E-state index contributed by atoms with van der Waals surface area (Å²) in [6.45, 7) is 0.298. The standard InChI is InChI=1S/C23H25N3O3S/c1-26(2)21(15-4-7-17(27-3)8-5-15)20-13-24-22(30-20)25-23(10-11-23)16-6-9-18-19(12-16)29-14-28-18/h4-9,12-13,21H,10-11,14H2,1-3H3,(H,24,25). The number of fused-ring (bicyclic) bond motifs is 1. The molecule has 0 bridgehead atoms. The Morgan fingerprint density at radius 2 is 1.87 bits per heavy atom. The summed E-state index contributed by atoms with van der Waals surface area (Å²) in [4.78, 5) is 8.12. The second-order valence-corrected chi connectivity index (χ2v) is 9.04. The molecule has 3 aromatic rings. The topological polar surface area (TPSA) is 55.9 Å². The summed E-state index contributed by atoms with van der Waals surface area (Å²) in [5.41, 5.74) is 2.37. The van der Waals surface area contributed by atoms with Gasteiger partial charge in [0, 0.05) is 11.1 Å². The fraction of sp³-hybridized carbons (Fsp3) is 0.348. The molecule has 1 atom stereocenters. The molecule has 5 rings (SSSR count). The number of methoxy groups -OCH3 is 1. The van der Waals surface area contributed by atoms with Crippen molar-refractivity contribution in [1.29, 1.82) is 0 Å². The zero-order chi connectivity index (χ0) is 20.7. The first kappa shape index (κ1) is 19.2. The van der Waals surface area contributed by atoms with Crippen LogP contribution in [0.3, 0.4) is 0 Å². The van der Waals surface area contributed by atoms with Crippen molar-refractivity contribution in [3.8, 4) is 17.2 Å². The van der Waals surface area contributed by atoms with Gasteiger partial charge in [0.15, 0.2) is 16.6 Å². The van der Waals surface area contributed by atoms with E-state index >= 15 is 0 Å². The Morgan fingerprint density at radius 3 is 2.57 bits per heavy atom. The van der Waals surface area contributed by atoms with Crippen LogP contribution < -0.4 is 19.5 Å². The first-order valence-electron chi connectivity index (χ1n) is 10.0. The van der Waals surface area contributed by atoms with Crippen molar-refractivity contribution < 1.29 is 14.2 Å². The van der Waals surface area contributed by atoms with Crippen molar-refractivity contribution in [2.75, 3.05) is 33.3 Å². The summed E-state index contributed by atoms with van der Waals surface area (Å²) in [6, 6.07) is 14.6. The van der Waals surface area contributed by atoms with Crippen LogP contribution in [0.2, 0.25) is 0 Å². The zero-order valence-corrected chi connectivity index (χ0v) is 18.2. The number of benzene rings is 2. The molecule has 1 aliphatic heterocycles. The van der Waals surface area contributed by atoms with Gasteiger partial charge in [-0.2, -0.15) is 0 Å². The Bertz CT molecular complexity index is 1040. The molecule has 1 unspecified atom stereocenters. The molecule has 6 nitrogen and oxygen atoms in total. The maximum atomic E-state index is 5.56. The number of thiazole rings is 1. The minimum Gasteiger partial charge on any atom is -0.497 e. The van der Waals surface area contributed by atoms with Crippen molar-refractivity contribution in [2.45, 2.75) is 24.4 Å². The van der Waals surface area contributed by atoms with Crippen LogP contribution in [0, 0.1) is 0 Å². The minimum absolute atomic E-state index is 0.0656. The smallest absolute Gasteiger partial charge is 0.231 e. The van der Waals surface area contributed by atoms with Gasteiger partial charge < -0.3 is 19.5 Å². The Morgan fingerprint density at radius 1 is 1.10 bits per heavy atom. The fourth-order valence-electron chi connectivity index (χ4n) is 3.98. The molecule has 0 radical (unpaired) electrons. The summed E-state index contributed by atoms with van der Waals surface area (Å²) >= 11 is 1.71. The van der Waals surface area contributed by atoms with E-state index in [0.29, 0.717) is 6.79 Å². The number of anilines is 1. The minimum atomic E-state index is -0.0656. The van der Waals surface area contributed by atoms with Gasteiger partial charge in [0.25, 0.3) is 0 Å². The molecule has 0 spiro atoms. The zero-order valence-electron chi connectivity index (χ0n) is 17.3. The van der Waals surface area contributed by atoms with E-state index in [1.54, 1.807) is 18.4 Å². The van der Waals surface area contributed by atoms with Crippen LogP contribution in [0.25, 0.3) is 0 Å². The van der Waals surface area contributed by atoms with Crippen molar-refractivity contribution in [1.82, 2.24) is 9.88 Å². The summed E-state index contributed by atoms with van der Waals surface area (Å²) in [5, 5.41) is 4.64. The quantitative estimate of drug-likeness (QED) is 0.598. The molecule has 1 N–H and O–H groups in total. The predicted octanol–water partition coefficient (Wildman–Crippen LogP) is 4.63. The number of nitrogens with one attached hydrogen (secondary N) is 1. The highest BCUT2D eigenvalue weighted by atomic mass is 32.1. The third-order valence-electron chi connectivity index (χ3n) is 5.76. The van der Waals surface area contributed by atoms with Gasteiger partial charge in [0.2, 0.25) is 6.79 Å². The lowest BCUT2D eigenvalue weighted by Crippen LogP contribution is -2.20. The van der Waals surface area contributed by atoms with Crippen molar-refractivity contribution in [3.63, 3.8) is 0 Å². The fourth-order valence-corrected chi connectivity index (χ4v) is 5.12. The number of ether oxygens (including phenoxy) is 3. The monoisotopic (exact) mass is 423 g/mol. The van der Waals surface area contributed by atoms with Gasteiger partial charge in [-0.05, 0) is 62.3 Å². The lowest BCUT2D eigenvalue weighted by Gasteiger charge is -2.23. The third kappa shape index (κ3) is 3.48. The number of rotatable bonds is 7. The molecule has 156 valence electrons. The van der Waals surface area contributed by atoms with Crippen LogP contribution in [-0.4, -0.2) is 37.9 Å². The first-order valence-corrected chi connectivity index (χ1v) is 10.8. The molecule has 2 aliphatic rings. The van der Waals surface area contributed by atoms with Crippen LogP contribution in [-0.2, 0) is 5.54 Å². The summed E-state index contributed by atoms with van der Waals surface area (Å²) in [6.07, 6.45) is 4.14. The maximum absolute atomic E-state index is 5.56. The van der Waals surface area contributed by atoms with Crippen LogP contribution in [0.1, 0.15) is 34.9 Å². The molecule has 30 heavy (non-hydrogen) atoms. The Labute approximate surface area is 180 Å². The highest BCUT2D eigenvalue weighted by molar-refractivity contribution is 7.15. The lowest BCUT2D eigenvalue weighted by atomic mass is 10.0. The van der Waals surface area contributed by atoms with E-state index in [2.05, 4.69) is 48.6 Å².